The molecule has 6 heteroatoms. The van der Waals surface area contributed by atoms with Crippen LogP contribution < -0.4 is 0 Å². The molecule has 0 aromatic rings. The monoisotopic (exact) mass is 326 g/mol. The molecule has 0 amide bonds. The quantitative estimate of drug-likeness (QED) is 0.667. The third-order valence-electron chi connectivity index (χ3n) is 2.77. The molecule has 17 heavy (non-hydrogen) atoms. The van der Waals surface area contributed by atoms with Gasteiger partial charge in [0.05, 0.1) is 9.80 Å². The average Bonchev–Trinajstić information content (AvgIpc) is 2.14. The summed E-state index contributed by atoms with van der Waals surface area (Å²) in [7, 11) is -3.97. The smallest absolute Gasteiger partial charge is 0.359 e. The van der Waals surface area contributed by atoms with E-state index in [1.54, 1.807) is 20.8 Å². The minimum atomic E-state index is -3.97. The Morgan fingerprint density at radius 1 is 1.24 bits per heavy atom. The SMILES string of the molecule is CC(C)(C)C1=C(Br)C(O)(C(C)(C)C)OP1(=O)O. The van der Waals surface area contributed by atoms with E-state index in [0.29, 0.717) is 0 Å². The molecule has 0 aromatic heterocycles. The van der Waals surface area contributed by atoms with E-state index in [1.807, 2.05) is 20.8 Å². The highest BCUT2D eigenvalue weighted by Gasteiger charge is 2.59. The predicted molar refractivity (Wildman–Crippen MR) is 70.7 cm³/mol. The highest BCUT2D eigenvalue weighted by molar-refractivity contribution is 9.11. The first-order chi connectivity index (χ1) is 7.23. The second kappa shape index (κ2) is 3.91. The van der Waals surface area contributed by atoms with Gasteiger partial charge >= 0.3 is 7.60 Å². The fourth-order valence-electron chi connectivity index (χ4n) is 1.77. The van der Waals surface area contributed by atoms with E-state index < -0.39 is 24.2 Å². The standard InChI is InChI=1S/C11H20BrO4P/c1-9(2,3)8-7(12)11(13,10(4,5)6)16-17(8,14)15/h13H,1-6H3,(H,14,15). The van der Waals surface area contributed by atoms with Crippen molar-refractivity contribution in [2.45, 2.75) is 47.3 Å². The third-order valence-corrected chi connectivity index (χ3v) is 5.98. The van der Waals surface area contributed by atoms with Gasteiger partial charge in [0.15, 0.2) is 0 Å². The van der Waals surface area contributed by atoms with Crippen LogP contribution in [-0.4, -0.2) is 15.8 Å². The summed E-state index contributed by atoms with van der Waals surface area (Å²) in [5.41, 5.74) is -1.27. The second-order valence-electron chi connectivity index (χ2n) is 6.42. The summed E-state index contributed by atoms with van der Waals surface area (Å²) >= 11 is 3.25. The van der Waals surface area contributed by atoms with Crippen molar-refractivity contribution in [2.24, 2.45) is 10.8 Å². The zero-order chi connectivity index (χ0) is 13.9. The van der Waals surface area contributed by atoms with E-state index in [9.17, 15) is 14.6 Å². The van der Waals surface area contributed by atoms with Crippen LogP contribution in [0.5, 0.6) is 0 Å². The summed E-state index contributed by atoms with van der Waals surface area (Å²) in [5, 5.41) is 10.7. The van der Waals surface area contributed by atoms with Gasteiger partial charge in [-0.2, -0.15) is 0 Å². The van der Waals surface area contributed by atoms with Crippen molar-refractivity contribution in [1.82, 2.24) is 0 Å². The largest absolute Gasteiger partial charge is 0.361 e. The molecule has 2 N–H and O–H groups in total. The summed E-state index contributed by atoms with van der Waals surface area (Å²) in [5.74, 6) is -1.76. The molecule has 0 aromatic carbocycles. The van der Waals surface area contributed by atoms with Gasteiger partial charge < -0.3 is 10.00 Å². The maximum absolute atomic E-state index is 12.1. The molecule has 100 valence electrons. The van der Waals surface area contributed by atoms with Gasteiger partial charge in [0, 0.05) is 5.41 Å². The van der Waals surface area contributed by atoms with Crippen molar-refractivity contribution in [3.8, 4) is 0 Å². The maximum atomic E-state index is 12.1. The Morgan fingerprint density at radius 3 is 1.82 bits per heavy atom. The van der Waals surface area contributed by atoms with E-state index in [4.69, 9.17) is 4.52 Å². The molecule has 0 spiro atoms. The fourth-order valence-corrected chi connectivity index (χ4v) is 5.90. The number of halogens is 1. The Bertz CT molecular complexity index is 416. The highest BCUT2D eigenvalue weighted by Crippen LogP contribution is 2.70. The molecule has 2 atom stereocenters. The molecule has 1 aliphatic rings. The van der Waals surface area contributed by atoms with Crippen LogP contribution in [0.25, 0.3) is 0 Å². The molecule has 0 saturated heterocycles. The van der Waals surface area contributed by atoms with Crippen molar-refractivity contribution in [1.29, 1.82) is 0 Å². The maximum Gasteiger partial charge on any atom is 0.359 e. The van der Waals surface area contributed by atoms with Gasteiger partial charge in [0.2, 0.25) is 5.79 Å². The van der Waals surface area contributed by atoms with Gasteiger partial charge in [0.25, 0.3) is 0 Å². The van der Waals surface area contributed by atoms with E-state index in [-0.39, 0.29) is 9.80 Å². The zero-order valence-corrected chi connectivity index (χ0v) is 13.5. The molecule has 0 aliphatic carbocycles. The van der Waals surface area contributed by atoms with Crippen molar-refractivity contribution >= 4 is 23.5 Å². The topological polar surface area (TPSA) is 66.8 Å². The summed E-state index contributed by atoms with van der Waals surface area (Å²) in [4.78, 5) is 9.94. The Labute approximate surface area is 111 Å². The Balaban J connectivity index is 3.51. The van der Waals surface area contributed by atoms with E-state index in [1.165, 1.54) is 0 Å². The molecule has 0 radical (unpaired) electrons. The van der Waals surface area contributed by atoms with Crippen molar-refractivity contribution in [2.75, 3.05) is 0 Å². The Morgan fingerprint density at radius 2 is 1.65 bits per heavy atom. The lowest BCUT2D eigenvalue weighted by Gasteiger charge is -2.35. The lowest BCUT2D eigenvalue weighted by molar-refractivity contribution is -0.167. The van der Waals surface area contributed by atoms with Crippen molar-refractivity contribution in [3.63, 3.8) is 0 Å². The lowest BCUT2D eigenvalue weighted by atomic mass is 9.83. The van der Waals surface area contributed by atoms with E-state index in [2.05, 4.69) is 15.9 Å². The number of hydrogen-bond donors (Lipinski definition) is 2. The first kappa shape index (κ1) is 15.4. The molecule has 0 fully saturated rings. The van der Waals surface area contributed by atoms with Crippen LogP contribution in [0.2, 0.25) is 0 Å². The summed E-state index contributed by atoms with van der Waals surface area (Å²) in [6, 6.07) is 0. The molecular formula is C11H20BrO4P. The second-order valence-corrected chi connectivity index (χ2v) is 8.88. The zero-order valence-electron chi connectivity index (χ0n) is 11.0. The number of aliphatic hydroxyl groups is 1. The van der Waals surface area contributed by atoms with Crippen molar-refractivity contribution in [3.05, 3.63) is 9.80 Å². The minimum absolute atomic E-state index is 0.238. The van der Waals surface area contributed by atoms with Gasteiger partial charge in [-0.25, -0.2) is 0 Å². The van der Waals surface area contributed by atoms with Crippen LogP contribution in [-0.2, 0) is 9.09 Å². The highest BCUT2D eigenvalue weighted by atomic mass is 79.9. The molecule has 0 saturated carbocycles. The van der Waals surface area contributed by atoms with Crippen LogP contribution in [0.3, 0.4) is 0 Å². The van der Waals surface area contributed by atoms with Gasteiger partial charge in [-0.3, -0.25) is 9.09 Å². The molecule has 4 nitrogen and oxygen atoms in total. The summed E-state index contributed by atoms with van der Waals surface area (Å²) in [6.07, 6.45) is 0. The molecular weight excluding hydrogens is 307 g/mol. The first-order valence-electron chi connectivity index (χ1n) is 5.41. The lowest BCUT2D eigenvalue weighted by Crippen LogP contribution is -2.42. The number of rotatable bonds is 0. The van der Waals surface area contributed by atoms with Crippen LogP contribution in [0, 0.1) is 10.8 Å². The minimum Gasteiger partial charge on any atom is -0.361 e. The normalized spacial score (nSPS) is 35.6. The third kappa shape index (κ3) is 2.41. The van der Waals surface area contributed by atoms with E-state index in [0.717, 1.165) is 0 Å². The average molecular weight is 327 g/mol. The van der Waals surface area contributed by atoms with Crippen molar-refractivity contribution < 1.29 is 19.1 Å². The fraction of sp³-hybridized carbons (Fsp3) is 0.818. The molecule has 1 rings (SSSR count). The van der Waals surface area contributed by atoms with Gasteiger partial charge in [0.1, 0.15) is 0 Å². The van der Waals surface area contributed by atoms with Gasteiger partial charge in [-0.05, 0) is 21.3 Å². The predicted octanol–water partition coefficient (Wildman–Crippen LogP) is 3.59. The van der Waals surface area contributed by atoms with Gasteiger partial charge in [-0.15, -0.1) is 0 Å². The Kier molecular flexibility index (Phi) is 3.54. The van der Waals surface area contributed by atoms with Crippen LogP contribution in [0.1, 0.15) is 41.5 Å². The molecule has 1 heterocycles. The summed E-state index contributed by atoms with van der Waals surface area (Å²) in [6.45, 7) is 10.7. The first-order valence-corrected chi connectivity index (χ1v) is 7.78. The molecule has 0 bridgehead atoms. The number of hydrogen-bond acceptors (Lipinski definition) is 3. The Hall–Kier alpha value is 0.330. The van der Waals surface area contributed by atoms with Crippen LogP contribution in [0.15, 0.2) is 9.80 Å². The van der Waals surface area contributed by atoms with Crippen LogP contribution >= 0.6 is 23.5 Å². The van der Waals surface area contributed by atoms with E-state index >= 15 is 0 Å². The van der Waals surface area contributed by atoms with Gasteiger partial charge in [-0.1, -0.05) is 41.5 Å². The summed E-state index contributed by atoms with van der Waals surface area (Å²) < 4.78 is 17.5. The molecule has 1 aliphatic heterocycles. The number of allylic oxidation sites excluding steroid dienone is 1. The molecule has 2 unspecified atom stereocenters. The van der Waals surface area contributed by atoms with Crippen LogP contribution in [0.4, 0.5) is 0 Å².